The molecule has 3 heteroatoms. The van der Waals surface area contributed by atoms with Crippen molar-refractivity contribution in [2.24, 2.45) is 0 Å². The highest BCUT2D eigenvalue weighted by Crippen LogP contribution is 2.25. The highest BCUT2D eigenvalue weighted by Gasteiger charge is 2.10. The molecule has 0 spiro atoms. The summed E-state index contributed by atoms with van der Waals surface area (Å²) in [6, 6.07) is 12.8. The van der Waals surface area contributed by atoms with Crippen LogP contribution in [0.1, 0.15) is 35.3 Å². The second-order valence-corrected chi connectivity index (χ2v) is 4.22. The highest BCUT2D eigenvalue weighted by molar-refractivity contribution is 5.95. The lowest BCUT2D eigenvalue weighted by atomic mass is 10.1. The van der Waals surface area contributed by atoms with Crippen molar-refractivity contribution in [2.45, 2.75) is 27.7 Å². The molecular weight excluding hydrogens is 250 g/mol. The molecule has 0 saturated heterocycles. The van der Waals surface area contributed by atoms with Crippen LogP contribution in [0.3, 0.4) is 0 Å². The van der Waals surface area contributed by atoms with Crippen molar-refractivity contribution < 1.29 is 9.90 Å². The molecule has 0 heterocycles. The Hall–Kier alpha value is -2.29. The molecule has 20 heavy (non-hydrogen) atoms. The number of aryl methyl sites for hydroxylation is 1. The molecule has 2 aromatic rings. The van der Waals surface area contributed by atoms with Crippen molar-refractivity contribution in [3.8, 4) is 0 Å². The van der Waals surface area contributed by atoms with Gasteiger partial charge in [0.15, 0.2) is 0 Å². The van der Waals surface area contributed by atoms with Gasteiger partial charge in [0.2, 0.25) is 0 Å². The summed E-state index contributed by atoms with van der Waals surface area (Å²) < 4.78 is 0. The smallest absolute Gasteiger partial charge is 0.337 e. The van der Waals surface area contributed by atoms with E-state index < -0.39 is 5.97 Å². The van der Waals surface area contributed by atoms with Crippen molar-refractivity contribution >= 4 is 17.3 Å². The fraction of sp³-hybridized carbons (Fsp3) is 0.235. The molecule has 0 aliphatic heterocycles. The first-order chi connectivity index (χ1) is 9.59. The van der Waals surface area contributed by atoms with E-state index in [4.69, 9.17) is 5.11 Å². The van der Waals surface area contributed by atoms with E-state index in [9.17, 15) is 4.79 Å². The molecule has 0 amide bonds. The number of carboxylic acid groups (broad SMARTS) is 1. The molecule has 0 aliphatic rings. The van der Waals surface area contributed by atoms with Gasteiger partial charge in [0.05, 0.1) is 11.3 Å². The molecule has 2 N–H and O–H groups in total. The molecule has 106 valence electrons. The Balaban J connectivity index is 0.000000956. The number of carboxylic acids is 1. The van der Waals surface area contributed by atoms with Gasteiger partial charge in [-0.1, -0.05) is 38.1 Å². The van der Waals surface area contributed by atoms with Crippen molar-refractivity contribution in [2.75, 3.05) is 5.32 Å². The molecule has 0 atom stereocenters. The summed E-state index contributed by atoms with van der Waals surface area (Å²) in [6.45, 7) is 8.05. The van der Waals surface area contributed by atoms with Gasteiger partial charge in [-0.15, -0.1) is 0 Å². The van der Waals surface area contributed by atoms with E-state index in [-0.39, 0.29) is 5.56 Å². The molecule has 0 unspecified atom stereocenters. The number of anilines is 2. The van der Waals surface area contributed by atoms with E-state index in [0.29, 0.717) is 5.69 Å². The quantitative estimate of drug-likeness (QED) is 0.845. The third-order valence-electron chi connectivity index (χ3n) is 3.03. The van der Waals surface area contributed by atoms with Gasteiger partial charge in [-0.05, 0) is 43.2 Å². The third-order valence-corrected chi connectivity index (χ3v) is 3.03. The van der Waals surface area contributed by atoms with Crippen molar-refractivity contribution in [1.29, 1.82) is 0 Å². The largest absolute Gasteiger partial charge is 0.478 e. The number of aromatic carboxylic acids is 1. The summed E-state index contributed by atoms with van der Waals surface area (Å²) >= 11 is 0. The Morgan fingerprint density at radius 1 is 0.950 bits per heavy atom. The zero-order chi connectivity index (χ0) is 15.1. The topological polar surface area (TPSA) is 49.3 Å². The van der Waals surface area contributed by atoms with Gasteiger partial charge >= 0.3 is 5.97 Å². The van der Waals surface area contributed by atoms with Crippen LogP contribution in [-0.4, -0.2) is 11.1 Å². The zero-order valence-electron chi connectivity index (χ0n) is 12.4. The van der Waals surface area contributed by atoms with E-state index in [2.05, 4.69) is 5.32 Å². The summed E-state index contributed by atoms with van der Waals surface area (Å²) in [4.78, 5) is 11.1. The van der Waals surface area contributed by atoms with Crippen molar-refractivity contribution in [3.05, 3.63) is 59.2 Å². The number of para-hydroxylation sites is 1. The minimum absolute atomic E-state index is 0.276. The fourth-order valence-corrected chi connectivity index (χ4v) is 1.81. The summed E-state index contributed by atoms with van der Waals surface area (Å²) in [5.41, 5.74) is 4.12. The van der Waals surface area contributed by atoms with Crippen LogP contribution in [0.15, 0.2) is 42.5 Å². The van der Waals surface area contributed by atoms with Crippen LogP contribution >= 0.6 is 0 Å². The minimum Gasteiger partial charge on any atom is -0.478 e. The van der Waals surface area contributed by atoms with Gasteiger partial charge in [-0.25, -0.2) is 4.79 Å². The number of hydrogen-bond acceptors (Lipinski definition) is 2. The van der Waals surface area contributed by atoms with Crippen LogP contribution in [0.2, 0.25) is 0 Å². The Labute approximate surface area is 120 Å². The number of carbonyl (C=O) groups is 1. The van der Waals surface area contributed by atoms with Gasteiger partial charge in [-0.3, -0.25) is 0 Å². The highest BCUT2D eigenvalue weighted by atomic mass is 16.4. The van der Waals surface area contributed by atoms with Crippen LogP contribution in [-0.2, 0) is 0 Å². The number of hydrogen-bond donors (Lipinski definition) is 2. The van der Waals surface area contributed by atoms with E-state index in [1.807, 2.05) is 52.0 Å². The number of nitrogens with one attached hydrogen (secondary N) is 1. The van der Waals surface area contributed by atoms with E-state index in [0.717, 1.165) is 11.3 Å². The lowest BCUT2D eigenvalue weighted by Gasteiger charge is -2.13. The van der Waals surface area contributed by atoms with Crippen LogP contribution in [0, 0.1) is 13.8 Å². The molecule has 0 radical (unpaired) electrons. The maximum absolute atomic E-state index is 11.1. The maximum atomic E-state index is 11.1. The summed E-state index contributed by atoms with van der Waals surface area (Å²) in [6.07, 6.45) is 0. The maximum Gasteiger partial charge on any atom is 0.337 e. The Morgan fingerprint density at radius 2 is 1.55 bits per heavy atom. The van der Waals surface area contributed by atoms with Crippen LogP contribution in [0.25, 0.3) is 0 Å². The molecule has 0 fully saturated rings. The van der Waals surface area contributed by atoms with Crippen LogP contribution in [0.4, 0.5) is 11.4 Å². The molecule has 2 aromatic carbocycles. The monoisotopic (exact) mass is 271 g/mol. The Bertz CT molecular complexity index is 591. The lowest BCUT2D eigenvalue weighted by Crippen LogP contribution is -2.03. The molecule has 0 bridgehead atoms. The Kier molecular flexibility index (Phi) is 5.78. The molecule has 0 aromatic heterocycles. The predicted octanol–water partition coefficient (Wildman–Crippen LogP) is 4.77. The summed E-state index contributed by atoms with van der Waals surface area (Å²) in [5, 5.41) is 12.3. The SMILES string of the molecule is CC.Cc1cccc(Nc2ccccc2C(=O)O)c1C. The van der Waals surface area contributed by atoms with E-state index in [1.54, 1.807) is 18.2 Å². The molecule has 0 saturated carbocycles. The minimum atomic E-state index is -0.927. The first-order valence-electron chi connectivity index (χ1n) is 6.75. The van der Waals surface area contributed by atoms with Crippen molar-refractivity contribution in [3.63, 3.8) is 0 Å². The second-order valence-electron chi connectivity index (χ2n) is 4.22. The van der Waals surface area contributed by atoms with Gasteiger partial charge in [-0.2, -0.15) is 0 Å². The third kappa shape index (κ3) is 3.60. The van der Waals surface area contributed by atoms with Crippen LogP contribution < -0.4 is 5.32 Å². The van der Waals surface area contributed by atoms with Gasteiger partial charge < -0.3 is 10.4 Å². The van der Waals surface area contributed by atoms with E-state index >= 15 is 0 Å². The lowest BCUT2D eigenvalue weighted by molar-refractivity contribution is 0.0698. The molecule has 2 rings (SSSR count). The van der Waals surface area contributed by atoms with Gasteiger partial charge in [0, 0.05) is 5.69 Å². The summed E-state index contributed by atoms with van der Waals surface area (Å²) in [7, 11) is 0. The van der Waals surface area contributed by atoms with Gasteiger partial charge in [0.1, 0.15) is 0 Å². The van der Waals surface area contributed by atoms with Crippen molar-refractivity contribution in [1.82, 2.24) is 0 Å². The predicted molar refractivity (Wildman–Crippen MR) is 83.9 cm³/mol. The first kappa shape index (κ1) is 15.8. The Morgan fingerprint density at radius 3 is 2.20 bits per heavy atom. The second kappa shape index (κ2) is 7.34. The molecular formula is C17H21NO2. The zero-order valence-corrected chi connectivity index (χ0v) is 12.4. The number of benzene rings is 2. The average Bonchev–Trinajstić information content (AvgIpc) is 2.46. The van der Waals surface area contributed by atoms with E-state index in [1.165, 1.54) is 5.56 Å². The summed E-state index contributed by atoms with van der Waals surface area (Å²) in [5.74, 6) is -0.927. The standard InChI is InChI=1S/C15H15NO2.C2H6/c1-10-6-5-9-13(11(10)2)16-14-8-4-3-7-12(14)15(17)18;1-2/h3-9,16H,1-2H3,(H,17,18);1-2H3. The van der Waals surface area contributed by atoms with Crippen LogP contribution in [0.5, 0.6) is 0 Å². The number of rotatable bonds is 3. The molecule has 3 nitrogen and oxygen atoms in total. The molecule has 0 aliphatic carbocycles. The average molecular weight is 271 g/mol. The first-order valence-corrected chi connectivity index (χ1v) is 6.75. The van der Waals surface area contributed by atoms with Gasteiger partial charge in [0.25, 0.3) is 0 Å². The fourth-order valence-electron chi connectivity index (χ4n) is 1.81. The normalized spacial score (nSPS) is 9.40.